The van der Waals surface area contributed by atoms with Gasteiger partial charge in [-0.1, -0.05) is 360 Å². The van der Waals surface area contributed by atoms with Crippen LogP contribution >= 0.6 is 0 Å². The molecule has 0 heterocycles. The minimum absolute atomic E-state index is 0.182. The Labute approximate surface area is 599 Å². The van der Waals surface area contributed by atoms with Gasteiger partial charge in [-0.2, -0.15) is 0 Å². The third-order valence-electron chi connectivity index (χ3n) is 17.7. The predicted molar refractivity (Wildman–Crippen MR) is 419 cm³/mol. The molecule has 1 N–H and O–H groups in total. The molecule has 0 amide bonds. The van der Waals surface area contributed by atoms with Crippen LogP contribution in [0.15, 0.2) is 122 Å². The van der Waals surface area contributed by atoms with E-state index in [0.29, 0.717) is 17.4 Å². The van der Waals surface area contributed by atoms with Crippen molar-refractivity contribution in [2.45, 2.75) is 373 Å². The fourth-order valence-corrected chi connectivity index (χ4v) is 11.5. The highest BCUT2D eigenvalue weighted by Gasteiger charge is 2.25. The smallest absolute Gasteiger partial charge is 0.361 e. The lowest BCUT2D eigenvalue weighted by molar-refractivity contribution is -0.870. The first-order chi connectivity index (χ1) is 47.6. The van der Waals surface area contributed by atoms with Crippen LogP contribution in [0.25, 0.3) is 0 Å². The molecule has 0 aromatic rings. The van der Waals surface area contributed by atoms with Gasteiger partial charge < -0.3 is 28.5 Å². The molecule has 0 aliphatic rings. The summed E-state index contributed by atoms with van der Waals surface area (Å²) >= 11 is 0. The van der Waals surface area contributed by atoms with Crippen LogP contribution in [0.1, 0.15) is 361 Å². The van der Waals surface area contributed by atoms with E-state index in [9.17, 15) is 19.5 Å². The molecule has 0 spiro atoms. The number of aliphatic carboxylic acids is 1. The molecule has 0 aliphatic heterocycles. The summed E-state index contributed by atoms with van der Waals surface area (Å²) < 4.78 is 23.1. The van der Waals surface area contributed by atoms with Crippen LogP contribution in [0.4, 0.5) is 0 Å². The first kappa shape index (κ1) is 92.7. The Morgan fingerprint density at radius 1 is 0.320 bits per heavy atom. The summed E-state index contributed by atoms with van der Waals surface area (Å²) in [5, 5.41) is 9.78. The number of carbonyl (C=O) groups excluding carboxylic acids is 2. The van der Waals surface area contributed by atoms with Gasteiger partial charge in [0, 0.05) is 12.8 Å². The Morgan fingerprint density at radius 2 is 0.588 bits per heavy atom. The Morgan fingerprint density at radius 3 is 0.876 bits per heavy atom. The van der Waals surface area contributed by atoms with Crippen molar-refractivity contribution in [3.63, 3.8) is 0 Å². The van der Waals surface area contributed by atoms with Gasteiger partial charge in [0.1, 0.15) is 13.2 Å². The minimum Gasteiger partial charge on any atom is -0.477 e. The molecule has 0 saturated heterocycles. The quantitative estimate of drug-likeness (QED) is 0.0211. The maximum absolute atomic E-state index is 13.0. The van der Waals surface area contributed by atoms with Crippen molar-refractivity contribution in [3.05, 3.63) is 122 Å². The Balaban J connectivity index is 4.01. The van der Waals surface area contributed by atoms with Gasteiger partial charge in [-0.15, -0.1) is 0 Å². The molecule has 9 nitrogen and oxygen atoms in total. The van der Waals surface area contributed by atoms with Gasteiger partial charge in [0.25, 0.3) is 6.29 Å². The van der Waals surface area contributed by atoms with Crippen LogP contribution in [0.2, 0.25) is 0 Å². The molecule has 2 atom stereocenters. The number of hydrogen-bond donors (Lipinski definition) is 1. The molecular formula is C88H154NO8+. The van der Waals surface area contributed by atoms with Crippen molar-refractivity contribution in [1.29, 1.82) is 0 Å². The topological polar surface area (TPSA) is 108 Å². The van der Waals surface area contributed by atoms with Gasteiger partial charge in [0.2, 0.25) is 0 Å². The van der Waals surface area contributed by atoms with E-state index in [1.165, 1.54) is 238 Å². The normalized spacial score (nSPS) is 13.3. The van der Waals surface area contributed by atoms with Crippen LogP contribution in [0.5, 0.6) is 0 Å². The Kier molecular flexibility index (Phi) is 74.0. The predicted octanol–water partition coefficient (Wildman–Crippen LogP) is 26.3. The molecule has 97 heavy (non-hydrogen) atoms. The number of nitrogens with zero attached hydrogens (tertiary/aromatic N) is 1. The van der Waals surface area contributed by atoms with Gasteiger partial charge >= 0.3 is 17.9 Å². The third-order valence-corrected chi connectivity index (χ3v) is 17.7. The fourth-order valence-electron chi connectivity index (χ4n) is 11.5. The SMILES string of the molecule is CC/C=C\C/C=C\C/C=C\C/C=C\C/C=C\C/C=C\C/C=C\CCCCCCCCCCCCCCCCCCCCCC(=O)OC(COC(=O)CCCCCCCCCCCCCCCCCC/C=C\C/C=C\C/C=C\CCCCCCC)COC(OCC[N+](C)(C)C)C(=O)O. The molecule has 0 rings (SSSR count). The molecule has 0 aliphatic carbocycles. The molecule has 0 bridgehead atoms. The van der Waals surface area contributed by atoms with E-state index in [4.69, 9.17) is 18.9 Å². The summed E-state index contributed by atoms with van der Waals surface area (Å²) in [5.41, 5.74) is 0. The molecule has 0 aromatic heterocycles. The van der Waals surface area contributed by atoms with E-state index >= 15 is 0 Å². The van der Waals surface area contributed by atoms with E-state index in [1.807, 2.05) is 21.1 Å². The molecule has 9 heteroatoms. The summed E-state index contributed by atoms with van der Waals surface area (Å²) in [5.74, 6) is -1.99. The third kappa shape index (κ3) is 78.9. The van der Waals surface area contributed by atoms with E-state index in [2.05, 4.69) is 135 Å². The van der Waals surface area contributed by atoms with Crippen molar-refractivity contribution in [1.82, 2.24) is 0 Å². The van der Waals surface area contributed by atoms with Crippen LogP contribution in [-0.4, -0.2) is 87.4 Å². The molecule has 0 saturated carbocycles. The highest BCUT2D eigenvalue weighted by molar-refractivity contribution is 5.71. The maximum Gasteiger partial charge on any atom is 0.361 e. The van der Waals surface area contributed by atoms with Crippen LogP contribution < -0.4 is 0 Å². The molecule has 0 radical (unpaired) electrons. The highest BCUT2D eigenvalue weighted by Crippen LogP contribution is 2.19. The highest BCUT2D eigenvalue weighted by atomic mass is 16.7. The largest absolute Gasteiger partial charge is 0.477 e. The molecule has 2 unspecified atom stereocenters. The average Bonchev–Trinajstić information content (AvgIpc) is 3.27. The Hall–Kier alpha value is -4.31. The number of likely N-dealkylation sites (N-methyl/N-ethyl adjacent to an activating group) is 1. The van der Waals surface area contributed by atoms with Crippen LogP contribution in [0, 0.1) is 0 Å². The number of unbranched alkanes of at least 4 members (excludes halogenated alkanes) is 40. The Bertz CT molecular complexity index is 2020. The lowest BCUT2D eigenvalue weighted by atomic mass is 10.0. The van der Waals surface area contributed by atoms with Gasteiger partial charge in [-0.3, -0.25) is 9.59 Å². The van der Waals surface area contributed by atoms with E-state index in [1.54, 1.807) is 0 Å². The van der Waals surface area contributed by atoms with Crippen LogP contribution in [0.3, 0.4) is 0 Å². The van der Waals surface area contributed by atoms with Gasteiger partial charge in [-0.05, 0) is 109 Å². The lowest BCUT2D eigenvalue weighted by Crippen LogP contribution is -2.40. The molecular weight excluding hydrogens is 1200 g/mol. The second kappa shape index (κ2) is 77.4. The fraction of sp³-hybridized carbons (Fsp3) is 0.739. The number of allylic oxidation sites excluding steroid dienone is 20. The van der Waals surface area contributed by atoms with E-state index < -0.39 is 24.3 Å². The second-order valence-corrected chi connectivity index (χ2v) is 28.3. The maximum atomic E-state index is 13.0. The van der Waals surface area contributed by atoms with Crippen molar-refractivity contribution in [2.75, 3.05) is 47.5 Å². The van der Waals surface area contributed by atoms with Crippen molar-refractivity contribution in [3.8, 4) is 0 Å². The van der Waals surface area contributed by atoms with Crippen molar-refractivity contribution < 1.29 is 42.9 Å². The zero-order chi connectivity index (χ0) is 70.4. The average molecular weight is 1350 g/mol. The monoisotopic (exact) mass is 1350 g/mol. The van der Waals surface area contributed by atoms with Gasteiger partial charge in [0.15, 0.2) is 6.10 Å². The number of carboxylic acids is 1. The molecule has 558 valence electrons. The number of carbonyl (C=O) groups is 3. The standard InChI is InChI=1S/C88H153NO8/c1-6-8-10-12-14-16-18-20-22-24-26-28-30-32-34-36-38-39-40-41-42-43-44-45-46-47-49-51-53-55-57-59-61-63-65-67-69-71-73-75-77-79-86(91)97-84(83-96-88(87(92)93)94-81-80-89(3,4)5)82-95-85(90)78-76-74-72-70-68-66-64-62-60-58-56-54-52-50-48-37-35-33-31-29-27-25-23-21-19-17-15-13-11-9-7-2/h8,10,14,16,19-22,25-28,31-34,38-39,41-42,84,88H,6-7,9,11-13,15,17-18,23-24,29-30,35-37,40,43-83H2,1-5H3/p+1/b10-8-,16-14-,21-19-,22-20-,27-25-,28-26-,33-31-,34-32-,39-38-,42-41-. The van der Waals surface area contributed by atoms with Gasteiger partial charge in [-0.25, -0.2) is 4.79 Å². The van der Waals surface area contributed by atoms with Crippen LogP contribution in [-0.2, 0) is 33.3 Å². The number of rotatable bonds is 75. The number of carboxylic acid groups (broad SMARTS) is 1. The summed E-state index contributed by atoms with van der Waals surface area (Å²) in [6, 6.07) is 0. The van der Waals surface area contributed by atoms with Crippen molar-refractivity contribution >= 4 is 17.9 Å². The zero-order valence-corrected chi connectivity index (χ0v) is 64.0. The summed E-state index contributed by atoms with van der Waals surface area (Å²) in [4.78, 5) is 37.8. The van der Waals surface area contributed by atoms with Gasteiger partial charge in [0.05, 0.1) is 34.4 Å². The molecule has 0 aromatic carbocycles. The summed E-state index contributed by atoms with van der Waals surface area (Å²) in [6.45, 7) is 4.79. The summed E-state index contributed by atoms with van der Waals surface area (Å²) in [7, 11) is 5.99. The number of ether oxygens (including phenoxy) is 4. The second-order valence-electron chi connectivity index (χ2n) is 28.3. The molecule has 0 fully saturated rings. The van der Waals surface area contributed by atoms with E-state index in [-0.39, 0.29) is 32.2 Å². The first-order valence-electron chi connectivity index (χ1n) is 40.7. The van der Waals surface area contributed by atoms with E-state index in [0.717, 1.165) is 96.3 Å². The minimum atomic E-state index is -1.51. The first-order valence-corrected chi connectivity index (χ1v) is 40.7. The zero-order valence-electron chi connectivity index (χ0n) is 64.0. The summed E-state index contributed by atoms with van der Waals surface area (Å²) in [6.07, 6.45) is 108. The lowest BCUT2D eigenvalue weighted by Gasteiger charge is -2.25. The number of quaternary nitrogens is 1. The van der Waals surface area contributed by atoms with Crippen molar-refractivity contribution in [2.24, 2.45) is 0 Å². The number of esters is 2. The number of hydrogen-bond acceptors (Lipinski definition) is 7.